The first-order valence-electron chi connectivity index (χ1n) is 9.93. The van der Waals surface area contributed by atoms with E-state index in [2.05, 4.69) is 47.4 Å². The van der Waals surface area contributed by atoms with Gasteiger partial charge in [0.25, 0.3) is 5.19 Å². The first-order valence-corrected chi connectivity index (χ1v) is 11.5. The smallest absolute Gasteiger partial charge is 0.298 e. The summed E-state index contributed by atoms with van der Waals surface area (Å²) in [7, 11) is 1.76. The summed E-state index contributed by atoms with van der Waals surface area (Å²) in [6.07, 6.45) is 0. The number of aryl methyl sites for hydroxylation is 1. The third-order valence-electron chi connectivity index (χ3n) is 5.04. The van der Waals surface area contributed by atoms with Crippen LogP contribution in [0.15, 0.2) is 41.4 Å². The standard InChI is InChI=1S/C23H26Cl2N4OS/c1-13(2)20(26-6)27-18-11-14(3)19(12-17(18)25)30-22-28-21(29-31-22)23(4,5)15-7-9-16(24)10-8-15/h7-13H,1-6H3,(H,26,27). The van der Waals surface area contributed by atoms with Crippen molar-refractivity contribution in [2.45, 2.75) is 40.0 Å². The van der Waals surface area contributed by atoms with Crippen molar-refractivity contribution in [2.24, 2.45) is 10.9 Å². The van der Waals surface area contributed by atoms with Crippen LogP contribution in [0, 0.1) is 12.8 Å². The van der Waals surface area contributed by atoms with Crippen LogP contribution in [0.25, 0.3) is 0 Å². The molecule has 0 fully saturated rings. The number of hydrogen-bond donors (Lipinski definition) is 1. The van der Waals surface area contributed by atoms with E-state index in [4.69, 9.17) is 27.9 Å². The molecule has 2 aromatic carbocycles. The second-order valence-corrected chi connectivity index (χ2v) is 9.66. The highest BCUT2D eigenvalue weighted by molar-refractivity contribution is 7.07. The van der Waals surface area contributed by atoms with Gasteiger partial charge in [-0.1, -0.05) is 49.2 Å². The fourth-order valence-corrected chi connectivity index (χ4v) is 4.07. The molecule has 0 atom stereocenters. The van der Waals surface area contributed by atoms with Gasteiger partial charge in [0.1, 0.15) is 11.6 Å². The van der Waals surface area contributed by atoms with E-state index in [-0.39, 0.29) is 11.3 Å². The Bertz CT molecular complexity index is 1090. The molecular formula is C23H26Cl2N4OS. The molecular weight excluding hydrogens is 451 g/mol. The molecule has 1 aromatic heterocycles. The maximum absolute atomic E-state index is 6.50. The molecule has 5 nitrogen and oxygen atoms in total. The summed E-state index contributed by atoms with van der Waals surface area (Å²) in [4.78, 5) is 8.92. The molecule has 31 heavy (non-hydrogen) atoms. The highest BCUT2D eigenvalue weighted by Crippen LogP contribution is 2.36. The van der Waals surface area contributed by atoms with Gasteiger partial charge in [0.15, 0.2) is 5.82 Å². The lowest BCUT2D eigenvalue weighted by Gasteiger charge is -2.21. The number of ether oxygens (including phenoxy) is 1. The molecule has 1 heterocycles. The van der Waals surface area contributed by atoms with Crippen LogP contribution in [0.2, 0.25) is 10.0 Å². The predicted octanol–water partition coefficient (Wildman–Crippen LogP) is 7.37. The number of benzene rings is 2. The third kappa shape index (κ3) is 5.37. The fourth-order valence-electron chi connectivity index (χ4n) is 3.06. The highest BCUT2D eigenvalue weighted by Gasteiger charge is 2.28. The third-order valence-corrected chi connectivity index (χ3v) is 6.20. The lowest BCUT2D eigenvalue weighted by atomic mass is 9.84. The lowest BCUT2D eigenvalue weighted by molar-refractivity contribution is 0.468. The number of nitrogens with one attached hydrogen (secondary N) is 1. The van der Waals surface area contributed by atoms with E-state index in [9.17, 15) is 0 Å². The number of aromatic nitrogens is 2. The summed E-state index contributed by atoms with van der Waals surface area (Å²) in [5.41, 5.74) is 2.42. The first kappa shape index (κ1) is 23.5. The molecule has 0 aliphatic carbocycles. The van der Waals surface area contributed by atoms with Gasteiger partial charge in [0.05, 0.1) is 16.1 Å². The fraction of sp³-hybridized carbons (Fsp3) is 0.348. The maximum atomic E-state index is 6.50. The number of anilines is 1. The molecule has 3 rings (SSSR count). The Morgan fingerprint density at radius 2 is 1.84 bits per heavy atom. The van der Waals surface area contributed by atoms with Crippen molar-refractivity contribution >= 4 is 46.3 Å². The van der Waals surface area contributed by atoms with Crippen LogP contribution >= 0.6 is 34.7 Å². The van der Waals surface area contributed by atoms with E-state index in [1.54, 1.807) is 13.1 Å². The van der Waals surface area contributed by atoms with Crippen molar-refractivity contribution in [3.8, 4) is 10.9 Å². The molecule has 0 unspecified atom stereocenters. The van der Waals surface area contributed by atoms with Crippen molar-refractivity contribution in [1.82, 2.24) is 9.36 Å². The Hall–Kier alpha value is -2.15. The molecule has 164 valence electrons. The topological polar surface area (TPSA) is 59.4 Å². The quantitative estimate of drug-likeness (QED) is 0.298. The van der Waals surface area contributed by atoms with Gasteiger partial charge in [-0.15, -0.1) is 0 Å². The van der Waals surface area contributed by atoms with E-state index in [1.165, 1.54) is 11.5 Å². The van der Waals surface area contributed by atoms with Gasteiger partial charge in [-0.05, 0) is 50.1 Å². The molecule has 3 aromatic rings. The first-order chi connectivity index (χ1) is 14.6. The largest absolute Gasteiger partial charge is 0.430 e. The van der Waals surface area contributed by atoms with Gasteiger partial charge >= 0.3 is 0 Å². The zero-order valence-corrected chi connectivity index (χ0v) is 20.8. The van der Waals surface area contributed by atoms with Crippen molar-refractivity contribution in [2.75, 3.05) is 12.4 Å². The van der Waals surface area contributed by atoms with Crippen LogP contribution < -0.4 is 10.1 Å². The molecule has 0 radical (unpaired) electrons. The van der Waals surface area contributed by atoms with E-state index in [0.717, 1.165) is 22.6 Å². The van der Waals surface area contributed by atoms with E-state index in [1.807, 2.05) is 37.3 Å². The maximum Gasteiger partial charge on any atom is 0.298 e. The normalized spacial score (nSPS) is 12.4. The van der Waals surface area contributed by atoms with Crippen molar-refractivity contribution in [3.05, 3.63) is 63.4 Å². The summed E-state index contributed by atoms with van der Waals surface area (Å²) < 4.78 is 10.6. The summed E-state index contributed by atoms with van der Waals surface area (Å²) in [6, 6.07) is 11.5. The molecule has 0 amide bonds. The Morgan fingerprint density at radius 3 is 2.45 bits per heavy atom. The summed E-state index contributed by atoms with van der Waals surface area (Å²) in [6.45, 7) is 10.3. The Balaban J connectivity index is 1.82. The second kappa shape index (κ2) is 9.55. The Labute approximate surface area is 197 Å². The monoisotopic (exact) mass is 476 g/mol. The zero-order chi connectivity index (χ0) is 22.8. The van der Waals surface area contributed by atoms with Crippen LogP contribution in [0.1, 0.15) is 44.6 Å². The summed E-state index contributed by atoms with van der Waals surface area (Å²) >= 11 is 13.7. The summed E-state index contributed by atoms with van der Waals surface area (Å²) in [5, 5.41) is 5.02. The average Bonchev–Trinajstić information content (AvgIpc) is 3.19. The molecule has 0 saturated carbocycles. The lowest BCUT2D eigenvalue weighted by Crippen LogP contribution is -2.20. The van der Waals surface area contributed by atoms with Gasteiger partial charge in [-0.2, -0.15) is 9.36 Å². The van der Waals surface area contributed by atoms with Crippen LogP contribution in [-0.4, -0.2) is 22.2 Å². The zero-order valence-electron chi connectivity index (χ0n) is 18.5. The molecule has 0 aliphatic heterocycles. The summed E-state index contributed by atoms with van der Waals surface area (Å²) in [5.74, 6) is 2.47. The predicted molar refractivity (Wildman–Crippen MR) is 132 cm³/mol. The minimum absolute atomic E-state index is 0.265. The number of nitrogens with zero attached hydrogens (tertiary/aromatic N) is 3. The Morgan fingerprint density at radius 1 is 1.16 bits per heavy atom. The number of halogens is 2. The van der Waals surface area contributed by atoms with E-state index in [0.29, 0.717) is 26.8 Å². The van der Waals surface area contributed by atoms with Crippen LogP contribution in [0.3, 0.4) is 0 Å². The van der Waals surface area contributed by atoms with E-state index >= 15 is 0 Å². The molecule has 8 heteroatoms. The van der Waals surface area contributed by atoms with E-state index < -0.39 is 0 Å². The number of amidine groups is 1. The van der Waals surface area contributed by atoms with Gasteiger partial charge in [0, 0.05) is 35.6 Å². The van der Waals surface area contributed by atoms with Gasteiger partial charge < -0.3 is 10.1 Å². The number of aliphatic imine (C=N–C) groups is 1. The number of rotatable bonds is 6. The van der Waals surface area contributed by atoms with Crippen molar-refractivity contribution in [1.29, 1.82) is 0 Å². The van der Waals surface area contributed by atoms with Gasteiger partial charge in [-0.25, -0.2) is 0 Å². The molecule has 1 N–H and O–H groups in total. The van der Waals surface area contributed by atoms with Gasteiger partial charge in [0.2, 0.25) is 0 Å². The van der Waals surface area contributed by atoms with Crippen molar-refractivity contribution < 1.29 is 4.74 Å². The minimum atomic E-state index is -0.379. The molecule has 0 aliphatic rings. The van der Waals surface area contributed by atoms with Crippen LogP contribution in [-0.2, 0) is 5.41 Å². The number of hydrogen-bond acceptors (Lipinski definition) is 5. The molecule has 0 bridgehead atoms. The second-order valence-electron chi connectivity index (χ2n) is 8.10. The van der Waals surface area contributed by atoms with Crippen LogP contribution in [0.4, 0.5) is 5.69 Å². The SMILES string of the molecule is CN=C(Nc1cc(C)c(Oc2nc(C(C)(C)c3ccc(Cl)cc3)ns2)cc1Cl)C(C)C. The van der Waals surface area contributed by atoms with Crippen LogP contribution in [0.5, 0.6) is 10.9 Å². The molecule has 0 saturated heterocycles. The average molecular weight is 477 g/mol. The molecule has 0 spiro atoms. The Kier molecular flexibility index (Phi) is 7.24. The van der Waals surface area contributed by atoms with Gasteiger partial charge in [-0.3, -0.25) is 4.99 Å². The minimum Gasteiger partial charge on any atom is -0.430 e. The van der Waals surface area contributed by atoms with Crippen molar-refractivity contribution in [3.63, 3.8) is 0 Å². The highest BCUT2D eigenvalue weighted by atomic mass is 35.5.